The number of nitrogens with zero attached hydrogens (tertiary/aromatic N) is 2. The summed E-state index contributed by atoms with van der Waals surface area (Å²) < 4.78 is 37.1. The highest BCUT2D eigenvalue weighted by Gasteiger charge is 2.15. The quantitative estimate of drug-likeness (QED) is 0.797. The van der Waals surface area contributed by atoms with Crippen molar-refractivity contribution in [2.24, 2.45) is 0 Å². The van der Waals surface area contributed by atoms with E-state index in [0.29, 0.717) is 5.69 Å². The zero-order valence-electron chi connectivity index (χ0n) is 8.46. The van der Waals surface area contributed by atoms with Gasteiger partial charge in [0.05, 0.1) is 5.69 Å². The van der Waals surface area contributed by atoms with Crippen LogP contribution in [0.25, 0.3) is 5.69 Å². The smallest absolute Gasteiger partial charge is 0.231 e. The van der Waals surface area contributed by atoms with Crippen LogP contribution in [0.3, 0.4) is 0 Å². The third kappa shape index (κ3) is 1.96. The second-order valence-electron chi connectivity index (χ2n) is 3.33. The van der Waals surface area contributed by atoms with E-state index < -0.39 is 15.7 Å². The predicted molar refractivity (Wildman–Crippen MR) is 56.6 cm³/mol. The lowest BCUT2D eigenvalue weighted by atomic mass is 10.3. The Morgan fingerprint density at radius 2 is 2.12 bits per heavy atom. The van der Waals surface area contributed by atoms with Gasteiger partial charge in [-0.05, 0) is 18.2 Å². The molecule has 0 saturated carbocycles. The van der Waals surface area contributed by atoms with Gasteiger partial charge < -0.3 is 0 Å². The maximum absolute atomic E-state index is 13.0. The van der Waals surface area contributed by atoms with Crippen LogP contribution in [0.5, 0.6) is 0 Å². The van der Waals surface area contributed by atoms with Crippen molar-refractivity contribution in [3.63, 3.8) is 0 Å². The third-order valence-electron chi connectivity index (χ3n) is 2.02. The van der Waals surface area contributed by atoms with Crippen LogP contribution in [0.2, 0.25) is 0 Å². The zero-order chi connectivity index (χ0) is 11.8. The van der Waals surface area contributed by atoms with E-state index in [1.54, 1.807) is 6.07 Å². The molecule has 0 saturated heterocycles. The van der Waals surface area contributed by atoms with Crippen LogP contribution < -0.4 is 0 Å². The van der Waals surface area contributed by atoms with Gasteiger partial charge in [-0.2, -0.15) is 0 Å². The van der Waals surface area contributed by atoms with Crippen molar-refractivity contribution in [2.75, 3.05) is 6.26 Å². The minimum absolute atomic E-state index is 0.0990. The van der Waals surface area contributed by atoms with Crippen molar-refractivity contribution in [2.45, 2.75) is 5.16 Å². The third-order valence-corrected chi connectivity index (χ3v) is 2.99. The summed E-state index contributed by atoms with van der Waals surface area (Å²) in [6.45, 7) is 0. The number of benzene rings is 1. The topological polar surface area (TPSA) is 52.0 Å². The van der Waals surface area contributed by atoms with Gasteiger partial charge in [0.1, 0.15) is 5.82 Å². The number of rotatable bonds is 2. The number of imidazole rings is 1. The molecule has 0 fully saturated rings. The Morgan fingerprint density at radius 3 is 2.75 bits per heavy atom. The Morgan fingerprint density at radius 1 is 1.38 bits per heavy atom. The highest BCUT2D eigenvalue weighted by atomic mass is 32.2. The lowest BCUT2D eigenvalue weighted by Crippen LogP contribution is -2.07. The molecule has 6 heteroatoms. The molecule has 0 radical (unpaired) electrons. The van der Waals surface area contributed by atoms with Crippen LogP contribution in [-0.2, 0) is 9.84 Å². The molecular weight excluding hydrogens is 231 g/mol. The summed E-state index contributed by atoms with van der Waals surface area (Å²) in [5.41, 5.74) is 0.429. The van der Waals surface area contributed by atoms with Gasteiger partial charge in [-0.15, -0.1) is 0 Å². The molecule has 84 valence electrons. The predicted octanol–water partition coefficient (Wildman–Crippen LogP) is 1.41. The number of aromatic nitrogens is 2. The van der Waals surface area contributed by atoms with Crippen LogP contribution >= 0.6 is 0 Å². The summed E-state index contributed by atoms with van der Waals surface area (Å²) in [7, 11) is -3.42. The summed E-state index contributed by atoms with van der Waals surface area (Å²) in [6, 6.07) is 5.66. The molecule has 1 aromatic heterocycles. The Hall–Kier alpha value is -1.69. The van der Waals surface area contributed by atoms with Crippen molar-refractivity contribution in [3.8, 4) is 5.69 Å². The van der Waals surface area contributed by atoms with E-state index >= 15 is 0 Å². The largest absolute Gasteiger partial charge is 0.291 e. The van der Waals surface area contributed by atoms with E-state index in [0.717, 1.165) is 6.26 Å². The molecule has 1 heterocycles. The Kier molecular flexibility index (Phi) is 2.51. The molecule has 0 N–H and O–H groups in total. The fourth-order valence-electron chi connectivity index (χ4n) is 1.39. The van der Waals surface area contributed by atoms with Gasteiger partial charge in [0.2, 0.25) is 15.0 Å². The van der Waals surface area contributed by atoms with E-state index in [-0.39, 0.29) is 5.16 Å². The standard InChI is InChI=1S/C10H9FN2O2S/c1-16(14,15)10-12-5-6-13(10)9-4-2-3-8(11)7-9/h2-7H,1H3. The molecule has 0 unspecified atom stereocenters. The van der Waals surface area contributed by atoms with E-state index in [2.05, 4.69) is 4.98 Å². The van der Waals surface area contributed by atoms with Gasteiger partial charge in [-0.25, -0.2) is 17.8 Å². The Bertz CT molecular complexity index is 619. The van der Waals surface area contributed by atoms with Gasteiger partial charge >= 0.3 is 0 Å². The van der Waals surface area contributed by atoms with E-state index in [9.17, 15) is 12.8 Å². The summed E-state index contributed by atoms with van der Waals surface area (Å²) in [6.07, 6.45) is 3.90. The fraction of sp³-hybridized carbons (Fsp3) is 0.100. The molecular formula is C10H9FN2O2S. The highest BCUT2D eigenvalue weighted by Crippen LogP contribution is 2.15. The lowest BCUT2D eigenvalue weighted by molar-refractivity contribution is 0.589. The summed E-state index contributed by atoms with van der Waals surface area (Å²) in [5, 5.41) is -0.0990. The molecule has 4 nitrogen and oxygen atoms in total. The highest BCUT2D eigenvalue weighted by molar-refractivity contribution is 7.90. The minimum Gasteiger partial charge on any atom is -0.291 e. The molecule has 2 aromatic rings. The van der Waals surface area contributed by atoms with Crippen LogP contribution in [0.1, 0.15) is 0 Å². The van der Waals surface area contributed by atoms with Crippen molar-refractivity contribution in [1.29, 1.82) is 0 Å². The summed E-state index contributed by atoms with van der Waals surface area (Å²) >= 11 is 0. The molecule has 0 bridgehead atoms. The van der Waals surface area contributed by atoms with E-state index in [1.165, 1.54) is 35.2 Å². The SMILES string of the molecule is CS(=O)(=O)c1nccn1-c1cccc(F)c1. The first-order valence-corrected chi connectivity index (χ1v) is 6.37. The van der Waals surface area contributed by atoms with E-state index in [4.69, 9.17) is 0 Å². The first kappa shape index (κ1) is 10.8. The number of hydrogen-bond acceptors (Lipinski definition) is 3. The van der Waals surface area contributed by atoms with Gasteiger partial charge in [0.15, 0.2) is 0 Å². The molecule has 0 spiro atoms. The van der Waals surface area contributed by atoms with Gasteiger partial charge in [-0.1, -0.05) is 6.07 Å². The molecule has 0 aliphatic heterocycles. The molecule has 2 rings (SSSR count). The zero-order valence-corrected chi connectivity index (χ0v) is 9.28. The van der Waals surface area contributed by atoms with Crippen LogP contribution in [-0.4, -0.2) is 24.2 Å². The Balaban J connectivity index is 2.62. The van der Waals surface area contributed by atoms with Crippen LogP contribution in [0, 0.1) is 5.82 Å². The second kappa shape index (κ2) is 3.71. The number of halogens is 1. The molecule has 0 aliphatic rings. The maximum atomic E-state index is 13.0. The van der Waals surface area contributed by atoms with E-state index in [1.807, 2.05) is 0 Å². The number of hydrogen-bond donors (Lipinski definition) is 0. The second-order valence-corrected chi connectivity index (χ2v) is 5.24. The van der Waals surface area contributed by atoms with Gasteiger partial charge in [0, 0.05) is 18.6 Å². The first-order valence-electron chi connectivity index (χ1n) is 4.48. The molecule has 1 aromatic carbocycles. The number of sulfone groups is 1. The molecule has 0 aliphatic carbocycles. The van der Waals surface area contributed by atoms with Crippen molar-refractivity contribution < 1.29 is 12.8 Å². The summed E-state index contributed by atoms with van der Waals surface area (Å²) in [4.78, 5) is 3.75. The van der Waals surface area contributed by atoms with Gasteiger partial charge in [0.25, 0.3) is 0 Å². The van der Waals surface area contributed by atoms with Crippen LogP contribution in [0.15, 0.2) is 41.8 Å². The Labute approximate surface area is 92.3 Å². The first-order chi connectivity index (χ1) is 7.48. The molecule has 0 atom stereocenters. The lowest BCUT2D eigenvalue weighted by Gasteiger charge is -2.05. The normalized spacial score (nSPS) is 11.6. The minimum atomic E-state index is -3.42. The van der Waals surface area contributed by atoms with Crippen LogP contribution in [0.4, 0.5) is 4.39 Å². The molecule has 16 heavy (non-hydrogen) atoms. The monoisotopic (exact) mass is 240 g/mol. The van der Waals surface area contributed by atoms with Crippen molar-refractivity contribution in [3.05, 3.63) is 42.5 Å². The van der Waals surface area contributed by atoms with Crippen molar-refractivity contribution >= 4 is 9.84 Å². The fourth-order valence-corrected chi connectivity index (χ4v) is 2.16. The maximum Gasteiger partial charge on any atom is 0.231 e. The van der Waals surface area contributed by atoms with Gasteiger partial charge in [-0.3, -0.25) is 4.57 Å². The molecule has 0 amide bonds. The summed E-state index contributed by atoms with van der Waals surface area (Å²) in [5.74, 6) is -0.425. The van der Waals surface area contributed by atoms with Crippen molar-refractivity contribution in [1.82, 2.24) is 9.55 Å². The average Bonchev–Trinajstić information content (AvgIpc) is 2.65. The average molecular weight is 240 g/mol.